The quantitative estimate of drug-likeness (QED) is 0.490. The first-order chi connectivity index (χ1) is 15.9. The largest absolute Gasteiger partial charge is 0.573 e. The van der Waals surface area contributed by atoms with E-state index in [2.05, 4.69) is 9.72 Å². The smallest absolute Gasteiger partial charge is 0.465 e. The summed E-state index contributed by atoms with van der Waals surface area (Å²) in [6.07, 6.45) is -4.23. The molecule has 34 heavy (non-hydrogen) atoms. The number of alkyl halides is 3. The predicted octanol–water partition coefficient (Wildman–Crippen LogP) is 2.75. The minimum Gasteiger partial charge on any atom is -0.465 e. The Kier molecular flexibility index (Phi) is 6.02. The fourth-order valence-corrected chi connectivity index (χ4v) is 4.43. The fraction of sp³-hybridized carbons (Fsp3) is 0.500. The molecular weight excluding hydrogens is 463 g/mol. The van der Waals surface area contributed by atoms with Crippen LogP contribution < -0.4 is 9.47 Å². The summed E-state index contributed by atoms with van der Waals surface area (Å²) in [6, 6.07) is 5.09. The number of ether oxygens (including phenoxy) is 2. The number of nitro groups is 1. The molecule has 1 N–H and O–H groups in total. The normalized spacial score (nSPS) is 22.8. The lowest BCUT2D eigenvalue weighted by atomic mass is 10.00. The van der Waals surface area contributed by atoms with Gasteiger partial charge in [-0.05, 0) is 36.0 Å². The Morgan fingerprint density at radius 1 is 1.35 bits per heavy atom. The number of hydrogen-bond donors (Lipinski definition) is 1. The number of hydrogen-bond acceptors (Lipinski definition) is 7. The van der Waals surface area contributed by atoms with Crippen LogP contribution in [0.15, 0.2) is 30.5 Å². The van der Waals surface area contributed by atoms with E-state index in [1.165, 1.54) is 35.4 Å². The molecule has 0 aliphatic carbocycles. The van der Waals surface area contributed by atoms with Crippen molar-refractivity contribution in [2.45, 2.75) is 37.9 Å². The lowest BCUT2D eigenvalue weighted by molar-refractivity contribution is -0.389. The van der Waals surface area contributed by atoms with Gasteiger partial charge < -0.3 is 29.6 Å². The average Bonchev–Trinajstić information content (AvgIpc) is 3.23. The third-order valence-electron chi connectivity index (χ3n) is 5.76. The molecule has 0 saturated carbocycles. The van der Waals surface area contributed by atoms with Gasteiger partial charge >= 0.3 is 24.3 Å². The van der Waals surface area contributed by atoms with Crippen molar-refractivity contribution in [2.24, 2.45) is 0 Å². The van der Waals surface area contributed by atoms with Crippen molar-refractivity contribution in [3.63, 3.8) is 0 Å². The molecule has 2 aliphatic rings. The lowest BCUT2D eigenvalue weighted by Gasteiger charge is -2.42. The summed E-state index contributed by atoms with van der Waals surface area (Å²) in [5.74, 6) is -0.639. The highest BCUT2D eigenvalue weighted by atomic mass is 19.4. The Morgan fingerprint density at radius 2 is 2.06 bits per heavy atom. The number of nitrogens with zero attached hydrogens (tertiary/aromatic N) is 5. The number of amides is 1. The summed E-state index contributed by atoms with van der Waals surface area (Å²) in [4.78, 5) is 29.3. The van der Waals surface area contributed by atoms with Crippen molar-refractivity contribution in [3.8, 4) is 11.8 Å². The van der Waals surface area contributed by atoms with Gasteiger partial charge in [-0.3, -0.25) is 9.47 Å². The predicted molar refractivity (Wildman–Crippen MR) is 110 cm³/mol. The zero-order valence-electron chi connectivity index (χ0n) is 18.1. The van der Waals surface area contributed by atoms with Gasteiger partial charge in [-0.25, -0.2) is 4.79 Å². The lowest BCUT2D eigenvalue weighted by Crippen LogP contribution is -2.58. The molecule has 2 atom stereocenters. The number of carboxylic acid groups (broad SMARTS) is 1. The van der Waals surface area contributed by atoms with Crippen LogP contribution in [-0.4, -0.2) is 79.7 Å². The van der Waals surface area contributed by atoms with E-state index in [4.69, 9.17) is 4.74 Å². The van der Waals surface area contributed by atoms with Crippen LogP contribution in [-0.2, 0) is 13.0 Å². The zero-order chi connectivity index (χ0) is 24.7. The molecule has 1 aromatic carbocycles. The monoisotopic (exact) mass is 485 g/mol. The number of carbonyl (C=O) groups is 1. The summed E-state index contributed by atoms with van der Waals surface area (Å²) in [7, 11) is 0. The van der Waals surface area contributed by atoms with Gasteiger partial charge in [-0.2, -0.15) is 0 Å². The average molecular weight is 485 g/mol. The molecule has 1 amide bonds. The molecule has 1 aromatic heterocycles. The van der Waals surface area contributed by atoms with Crippen LogP contribution >= 0.6 is 0 Å². The molecule has 3 heterocycles. The zero-order valence-corrected chi connectivity index (χ0v) is 18.1. The van der Waals surface area contributed by atoms with Gasteiger partial charge in [0.05, 0.1) is 12.6 Å². The minimum atomic E-state index is -4.79. The van der Waals surface area contributed by atoms with Crippen LogP contribution in [0.25, 0.3) is 0 Å². The summed E-state index contributed by atoms with van der Waals surface area (Å²) in [5, 5.41) is 20.5. The summed E-state index contributed by atoms with van der Waals surface area (Å²) in [6.45, 7) is 3.74. The highest BCUT2D eigenvalue weighted by Crippen LogP contribution is 2.32. The van der Waals surface area contributed by atoms with Crippen molar-refractivity contribution in [2.75, 3.05) is 26.2 Å². The summed E-state index contributed by atoms with van der Waals surface area (Å²) >= 11 is 0. The first-order valence-electron chi connectivity index (χ1n) is 10.4. The maximum Gasteiger partial charge on any atom is 0.573 e. The van der Waals surface area contributed by atoms with Gasteiger partial charge in [0.1, 0.15) is 17.5 Å². The second kappa shape index (κ2) is 8.66. The van der Waals surface area contributed by atoms with E-state index in [-0.39, 0.29) is 24.1 Å². The molecular formula is C20H22F3N5O6. The van der Waals surface area contributed by atoms with Crippen molar-refractivity contribution in [1.82, 2.24) is 19.4 Å². The molecule has 4 rings (SSSR count). The van der Waals surface area contributed by atoms with Crippen molar-refractivity contribution in [3.05, 3.63) is 46.1 Å². The van der Waals surface area contributed by atoms with Gasteiger partial charge in [-0.15, -0.1) is 13.2 Å². The molecule has 11 nitrogen and oxygen atoms in total. The van der Waals surface area contributed by atoms with Gasteiger partial charge in [-0.1, -0.05) is 12.1 Å². The van der Waals surface area contributed by atoms with E-state index in [0.717, 1.165) is 0 Å². The maximum atomic E-state index is 12.4. The van der Waals surface area contributed by atoms with Gasteiger partial charge in [0.25, 0.3) is 0 Å². The Balaban J connectivity index is 1.41. The topological polar surface area (TPSA) is 123 Å². The number of benzene rings is 1. The van der Waals surface area contributed by atoms with Crippen LogP contribution in [0.2, 0.25) is 0 Å². The van der Waals surface area contributed by atoms with Gasteiger partial charge in [0.15, 0.2) is 0 Å². The first-order valence-corrected chi connectivity index (χ1v) is 10.4. The van der Waals surface area contributed by atoms with E-state index in [0.29, 0.717) is 38.2 Å². The number of piperazine rings is 1. The molecule has 1 unspecified atom stereocenters. The van der Waals surface area contributed by atoms with Gasteiger partial charge in [0.2, 0.25) is 0 Å². The molecule has 2 aliphatic heterocycles. The Hall–Kier alpha value is -3.55. The maximum absolute atomic E-state index is 12.4. The molecule has 0 spiro atoms. The molecule has 14 heteroatoms. The van der Waals surface area contributed by atoms with E-state index in [1.54, 1.807) is 4.57 Å². The van der Waals surface area contributed by atoms with Gasteiger partial charge in [0, 0.05) is 31.2 Å². The third kappa shape index (κ3) is 5.32. The van der Waals surface area contributed by atoms with E-state index in [9.17, 15) is 33.2 Å². The highest BCUT2D eigenvalue weighted by Gasteiger charge is 2.43. The number of aromatic nitrogens is 2. The van der Waals surface area contributed by atoms with Crippen molar-refractivity contribution < 1.29 is 37.5 Å². The number of rotatable bonds is 6. The van der Waals surface area contributed by atoms with E-state index in [1.807, 2.05) is 11.8 Å². The molecule has 184 valence electrons. The Bertz CT molecular complexity index is 1050. The standard InChI is InChI=1S/C20H22F3N5O6/c1-19(12-26-10-16(28(31)32)24-17(26)34-19)11-25-6-7-27(18(29)30)14(9-25)8-13-2-4-15(5-3-13)33-20(21,22)23/h2-5,10,14H,6-9,11-12H2,1H3,(H,29,30)/t14-,19?/m0/s1. The van der Waals surface area contributed by atoms with E-state index >= 15 is 0 Å². The van der Waals surface area contributed by atoms with Crippen LogP contribution in [0.3, 0.4) is 0 Å². The third-order valence-corrected chi connectivity index (χ3v) is 5.76. The highest BCUT2D eigenvalue weighted by molar-refractivity contribution is 5.65. The van der Waals surface area contributed by atoms with Crippen LogP contribution in [0, 0.1) is 10.1 Å². The fourth-order valence-electron chi connectivity index (χ4n) is 4.43. The molecule has 1 fully saturated rings. The van der Waals surface area contributed by atoms with E-state index < -0.39 is 29.0 Å². The summed E-state index contributed by atoms with van der Waals surface area (Å²) < 4.78 is 48.4. The first kappa shape index (κ1) is 23.6. The SMILES string of the molecule is CC1(CN2CCN(C(=O)O)[C@@H](Cc3ccc(OC(F)(F)F)cc3)C2)Cn2cc([N+](=O)[O-])nc2O1. The second-order valence-corrected chi connectivity index (χ2v) is 8.58. The Morgan fingerprint density at radius 3 is 2.65 bits per heavy atom. The summed E-state index contributed by atoms with van der Waals surface area (Å²) in [5.41, 5.74) is -0.0346. The number of imidazole rings is 1. The van der Waals surface area contributed by atoms with Crippen molar-refractivity contribution in [1.29, 1.82) is 0 Å². The molecule has 0 bridgehead atoms. The molecule has 1 saturated heterocycles. The number of halogens is 3. The Labute approximate surface area is 191 Å². The van der Waals surface area contributed by atoms with Crippen molar-refractivity contribution >= 4 is 11.9 Å². The second-order valence-electron chi connectivity index (χ2n) is 8.58. The van der Waals surface area contributed by atoms with Crippen LogP contribution in [0.5, 0.6) is 11.8 Å². The molecule has 0 radical (unpaired) electrons. The molecule has 2 aromatic rings. The minimum absolute atomic E-state index is 0.163. The van der Waals surface area contributed by atoms with Crippen LogP contribution in [0.1, 0.15) is 12.5 Å². The van der Waals surface area contributed by atoms with Crippen LogP contribution in [0.4, 0.5) is 23.8 Å². The number of fused-ring (bicyclic) bond motifs is 1.